The Hall–Kier alpha value is -2.30. The van der Waals surface area contributed by atoms with Crippen LogP contribution in [0, 0.1) is 11.3 Å². The van der Waals surface area contributed by atoms with Gasteiger partial charge in [-0.3, -0.25) is 0 Å². The fourth-order valence-electron chi connectivity index (χ4n) is 2.46. The Morgan fingerprint density at radius 2 is 2.12 bits per heavy atom. The molecular formula is C17H17BrN2O4. The molecule has 0 spiro atoms. The van der Waals surface area contributed by atoms with Crippen LogP contribution < -0.4 is 5.73 Å². The van der Waals surface area contributed by atoms with E-state index in [1.165, 1.54) is 7.11 Å². The van der Waals surface area contributed by atoms with Crippen molar-refractivity contribution in [1.29, 1.82) is 5.26 Å². The van der Waals surface area contributed by atoms with Gasteiger partial charge >= 0.3 is 5.97 Å². The smallest absolute Gasteiger partial charge is 0.338 e. The number of halogens is 1. The van der Waals surface area contributed by atoms with Gasteiger partial charge in [-0.05, 0) is 18.6 Å². The van der Waals surface area contributed by atoms with E-state index >= 15 is 0 Å². The van der Waals surface area contributed by atoms with Crippen LogP contribution in [-0.4, -0.2) is 26.3 Å². The monoisotopic (exact) mass is 392 g/mol. The standard InChI is InChI=1S/C17H17BrN2O4/c1-10-14(17(21)23-8-7-22-2)15(12(9-19)16(20)24-10)11-5-3-4-6-13(11)18/h3-6,15H,7-8,20H2,1-2H3. The molecule has 1 aromatic carbocycles. The van der Waals surface area contributed by atoms with E-state index in [4.69, 9.17) is 19.9 Å². The summed E-state index contributed by atoms with van der Waals surface area (Å²) in [5.74, 6) is -0.918. The maximum atomic E-state index is 12.5. The molecule has 0 amide bonds. The minimum Gasteiger partial charge on any atom is -0.460 e. The van der Waals surface area contributed by atoms with Gasteiger partial charge in [0.25, 0.3) is 0 Å². The third-order valence-corrected chi connectivity index (χ3v) is 4.28. The number of hydrogen-bond donors (Lipinski definition) is 1. The summed E-state index contributed by atoms with van der Waals surface area (Å²) in [6.07, 6.45) is 0. The van der Waals surface area contributed by atoms with Crippen LogP contribution in [0.5, 0.6) is 0 Å². The molecule has 0 saturated carbocycles. The summed E-state index contributed by atoms with van der Waals surface area (Å²) in [5, 5.41) is 9.51. The second-order valence-electron chi connectivity index (χ2n) is 5.04. The summed E-state index contributed by atoms with van der Waals surface area (Å²) in [6.45, 7) is 2.01. The highest BCUT2D eigenvalue weighted by Crippen LogP contribution is 2.41. The lowest BCUT2D eigenvalue weighted by Gasteiger charge is -2.27. The molecule has 1 aliphatic heterocycles. The van der Waals surface area contributed by atoms with Crippen LogP contribution in [0.2, 0.25) is 0 Å². The van der Waals surface area contributed by atoms with Crippen LogP contribution in [0.15, 0.2) is 51.5 Å². The third-order valence-electron chi connectivity index (χ3n) is 3.56. The summed E-state index contributed by atoms with van der Waals surface area (Å²) in [4.78, 5) is 12.5. The first-order valence-corrected chi connectivity index (χ1v) is 7.99. The van der Waals surface area contributed by atoms with Gasteiger partial charge in [-0.2, -0.15) is 5.26 Å². The first-order chi connectivity index (χ1) is 11.5. The van der Waals surface area contributed by atoms with E-state index in [9.17, 15) is 10.1 Å². The van der Waals surface area contributed by atoms with E-state index in [2.05, 4.69) is 15.9 Å². The van der Waals surface area contributed by atoms with E-state index in [0.29, 0.717) is 5.76 Å². The van der Waals surface area contributed by atoms with Crippen LogP contribution in [0.3, 0.4) is 0 Å². The fourth-order valence-corrected chi connectivity index (χ4v) is 2.98. The van der Waals surface area contributed by atoms with Crippen molar-refractivity contribution < 1.29 is 19.0 Å². The van der Waals surface area contributed by atoms with Crippen molar-refractivity contribution in [1.82, 2.24) is 0 Å². The summed E-state index contributed by atoms with van der Waals surface area (Å²) < 4.78 is 16.3. The Balaban J connectivity index is 2.50. The minimum absolute atomic E-state index is 0.0100. The van der Waals surface area contributed by atoms with E-state index < -0.39 is 11.9 Å². The van der Waals surface area contributed by atoms with Gasteiger partial charge < -0.3 is 19.9 Å². The van der Waals surface area contributed by atoms with Crippen molar-refractivity contribution in [3.05, 3.63) is 57.1 Å². The highest BCUT2D eigenvalue weighted by atomic mass is 79.9. The number of ether oxygens (including phenoxy) is 3. The molecule has 2 N–H and O–H groups in total. The van der Waals surface area contributed by atoms with Crippen LogP contribution in [0.25, 0.3) is 0 Å². The Bertz CT molecular complexity index is 749. The maximum Gasteiger partial charge on any atom is 0.338 e. The normalized spacial score (nSPS) is 17.3. The van der Waals surface area contributed by atoms with Gasteiger partial charge in [-0.25, -0.2) is 4.79 Å². The lowest BCUT2D eigenvalue weighted by molar-refractivity contribution is -0.140. The molecule has 1 unspecified atom stereocenters. The van der Waals surface area contributed by atoms with Crippen molar-refractivity contribution in [2.75, 3.05) is 20.3 Å². The topological polar surface area (TPSA) is 94.6 Å². The predicted octanol–water partition coefficient (Wildman–Crippen LogP) is 2.72. The number of benzene rings is 1. The first-order valence-electron chi connectivity index (χ1n) is 7.20. The molecule has 126 valence electrons. The first kappa shape index (κ1) is 18.0. The Labute approximate surface area is 148 Å². The highest BCUT2D eigenvalue weighted by Gasteiger charge is 2.37. The molecule has 1 heterocycles. The zero-order valence-corrected chi connectivity index (χ0v) is 14.9. The zero-order chi connectivity index (χ0) is 17.7. The SMILES string of the molecule is COCCOC(=O)C1=C(C)OC(N)=C(C#N)C1c1ccccc1Br. The zero-order valence-electron chi connectivity index (χ0n) is 13.3. The van der Waals surface area contributed by atoms with E-state index in [-0.39, 0.29) is 30.2 Å². The summed E-state index contributed by atoms with van der Waals surface area (Å²) in [5.41, 5.74) is 7.02. The quantitative estimate of drug-likeness (QED) is 0.611. The van der Waals surface area contributed by atoms with Crippen molar-refractivity contribution in [2.45, 2.75) is 12.8 Å². The molecule has 6 nitrogen and oxygen atoms in total. The minimum atomic E-state index is -0.658. The molecule has 1 atom stereocenters. The molecule has 1 aliphatic rings. The highest BCUT2D eigenvalue weighted by molar-refractivity contribution is 9.10. The Morgan fingerprint density at radius 3 is 2.75 bits per heavy atom. The molecule has 1 aromatic rings. The molecule has 2 rings (SSSR count). The number of carbonyl (C=O) groups excluding carboxylic acids is 1. The Kier molecular flexibility index (Phi) is 6.01. The number of nitrogens with zero attached hydrogens (tertiary/aromatic N) is 1. The van der Waals surface area contributed by atoms with E-state index in [0.717, 1.165) is 10.0 Å². The van der Waals surface area contributed by atoms with Crippen molar-refractivity contribution in [3.8, 4) is 6.07 Å². The molecule has 0 aliphatic carbocycles. The molecule has 0 radical (unpaired) electrons. The average Bonchev–Trinajstić information content (AvgIpc) is 2.55. The van der Waals surface area contributed by atoms with E-state index in [1.54, 1.807) is 6.92 Å². The third kappa shape index (κ3) is 3.61. The number of allylic oxidation sites excluding steroid dienone is 2. The van der Waals surface area contributed by atoms with E-state index in [1.807, 2.05) is 30.3 Å². The second-order valence-corrected chi connectivity index (χ2v) is 5.90. The molecule has 0 saturated heterocycles. The lowest BCUT2D eigenvalue weighted by Crippen LogP contribution is -2.26. The summed E-state index contributed by atoms with van der Waals surface area (Å²) >= 11 is 3.46. The summed E-state index contributed by atoms with van der Waals surface area (Å²) in [6, 6.07) is 9.37. The van der Waals surface area contributed by atoms with Gasteiger partial charge in [0.2, 0.25) is 5.88 Å². The van der Waals surface area contributed by atoms with Gasteiger partial charge in [0.1, 0.15) is 24.0 Å². The number of esters is 1. The van der Waals surface area contributed by atoms with Crippen molar-refractivity contribution in [3.63, 3.8) is 0 Å². The summed E-state index contributed by atoms with van der Waals surface area (Å²) in [7, 11) is 1.52. The molecular weight excluding hydrogens is 376 g/mol. The molecule has 24 heavy (non-hydrogen) atoms. The fraction of sp³-hybridized carbons (Fsp3) is 0.294. The van der Waals surface area contributed by atoms with Gasteiger partial charge in [0.15, 0.2) is 0 Å². The molecule has 7 heteroatoms. The molecule has 0 aromatic heterocycles. The number of hydrogen-bond acceptors (Lipinski definition) is 6. The van der Waals surface area contributed by atoms with Crippen molar-refractivity contribution in [2.24, 2.45) is 5.73 Å². The van der Waals surface area contributed by atoms with Gasteiger partial charge in [-0.1, -0.05) is 34.1 Å². The van der Waals surface area contributed by atoms with Crippen LogP contribution in [-0.2, 0) is 19.0 Å². The number of carbonyl (C=O) groups is 1. The number of nitriles is 1. The Morgan fingerprint density at radius 1 is 1.42 bits per heavy atom. The van der Waals surface area contributed by atoms with Gasteiger partial charge in [-0.15, -0.1) is 0 Å². The second kappa shape index (κ2) is 7.99. The van der Waals surface area contributed by atoms with Gasteiger partial charge in [0.05, 0.1) is 18.1 Å². The average molecular weight is 393 g/mol. The predicted molar refractivity (Wildman–Crippen MR) is 90.3 cm³/mol. The molecule has 0 fully saturated rings. The van der Waals surface area contributed by atoms with Crippen molar-refractivity contribution >= 4 is 21.9 Å². The molecule has 0 bridgehead atoms. The largest absolute Gasteiger partial charge is 0.460 e. The number of nitrogens with two attached hydrogens (primary N) is 1. The lowest BCUT2D eigenvalue weighted by atomic mass is 9.83. The van der Waals surface area contributed by atoms with Crippen LogP contribution in [0.1, 0.15) is 18.4 Å². The maximum absolute atomic E-state index is 12.5. The van der Waals surface area contributed by atoms with Crippen LogP contribution >= 0.6 is 15.9 Å². The van der Waals surface area contributed by atoms with Gasteiger partial charge in [0, 0.05) is 11.6 Å². The van der Waals surface area contributed by atoms with Crippen LogP contribution in [0.4, 0.5) is 0 Å². The number of methoxy groups -OCH3 is 1. The number of rotatable bonds is 5.